The number of likely N-dealkylation sites (N-methyl/N-ethyl adjacent to an activating group) is 1. The van der Waals surface area contributed by atoms with Gasteiger partial charge in [-0.3, -0.25) is 4.79 Å². The Morgan fingerprint density at radius 2 is 1.82 bits per heavy atom. The van der Waals surface area contributed by atoms with Gasteiger partial charge >= 0.3 is 12.1 Å². The number of nitrogens with one attached hydrogen (secondary N) is 1. The molecule has 4 heterocycles. The Bertz CT molecular complexity index is 1540. The number of ether oxygens (including phenoxy) is 6. The summed E-state index contributed by atoms with van der Waals surface area (Å²) < 4.78 is 38.1. The van der Waals surface area contributed by atoms with Gasteiger partial charge < -0.3 is 54.0 Å². The van der Waals surface area contributed by atoms with Crippen LogP contribution in [0.4, 0.5) is 4.79 Å². The van der Waals surface area contributed by atoms with Gasteiger partial charge in [-0.1, -0.05) is 57.5 Å². The Hall–Kier alpha value is -2.66. The molecule has 4 rings (SSSR count). The van der Waals surface area contributed by atoms with Gasteiger partial charge in [0.15, 0.2) is 6.29 Å². The third-order valence-electron chi connectivity index (χ3n) is 12.0. The van der Waals surface area contributed by atoms with Gasteiger partial charge in [-0.05, 0) is 90.2 Å². The van der Waals surface area contributed by atoms with Gasteiger partial charge in [0.2, 0.25) is 0 Å². The molecule has 3 saturated heterocycles. The number of rotatable bonds is 8. The summed E-state index contributed by atoms with van der Waals surface area (Å²) in [6.45, 7) is 18.9. The molecular weight excluding hydrogens is 758 g/mol. The van der Waals surface area contributed by atoms with Crippen LogP contribution in [0.3, 0.4) is 0 Å². The Morgan fingerprint density at radius 3 is 2.46 bits per heavy atom. The maximum absolute atomic E-state index is 13.9. The van der Waals surface area contributed by atoms with Crippen LogP contribution in [0.25, 0.3) is 0 Å². The van der Waals surface area contributed by atoms with Crippen LogP contribution in [-0.4, -0.2) is 131 Å². The average molecular weight is 824 g/mol. The van der Waals surface area contributed by atoms with Crippen LogP contribution in [0.15, 0.2) is 42.1 Å². The van der Waals surface area contributed by atoms with Gasteiger partial charge in [0, 0.05) is 30.6 Å². The molecule has 4 N–H and O–H groups in total. The summed E-state index contributed by atoms with van der Waals surface area (Å²) in [5.74, 6) is -3.34. The lowest BCUT2D eigenvalue weighted by atomic mass is 9.72. The minimum absolute atomic E-state index is 0.0122. The first kappa shape index (κ1) is 47.0. The number of aliphatic hydroxyl groups excluding tert-OH is 2. The second kappa shape index (κ2) is 20.1. The molecule has 1 amide bonds. The number of aromatic nitrogens is 1. The quantitative estimate of drug-likeness (QED) is 0.160. The van der Waals surface area contributed by atoms with Gasteiger partial charge in [0.05, 0.1) is 49.1 Å². The lowest BCUT2D eigenvalue weighted by molar-refractivity contribution is -0.303. The van der Waals surface area contributed by atoms with Crippen LogP contribution >= 0.6 is 11.6 Å². The van der Waals surface area contributed by atoms with Crippen molar-refractivity contribution in [2.75, 3.05) is 33.9 Å². The number of hydrogen-bond acceptors (Lipinski definition) is 13. The van der Waals surface area contributed by atoms with Gasteiger partial charge in [-0.15, -0.1) is 0 Å². The molecule has 0 spiro atoms. The molecule has 15 heteroatoms. The van der Waals surface area contributed by atoms with E-state index >= 15 is 0 Å². The monoisotopic (exact) mass is 823 g/mol. The molecule has 0 radical (unpaired) electrons. The van der Waals surface area contributed by atoms with E-state index in [0.29, 0.717) is 23.6 Å². The van der Waals surface area contributed by atoms with Crippen LogP contribution < -0.4 is 5.32 Å². The minimum Gasteiger partial charge on any atom is -0.459 e. The van der Waals surface area contributed by atoms with Crippen LogP contribution in [-0.2, 0) is 39.8 Å². The van der Waals surface area contributed by atoms with Gasteiger partial charge in [-0.2, -0.15) is 0 Å². The molecule has 14 nitrogen and oxygen atoms in total. The summed E-state index contributed by atoms with van der Waals surface area (Å²) >= 11 is 5.90. The van der Waals surface area contributed by atoms with E-state index in [0.717, 1.165) is 11.1 Å². The normalized spacial score (nSPS) is 39.5. The first-order chi connectivity index (χ1) is 26.7. The van der Waals surface area contributed by atoms with E-state index in [2.05, 4.69) is 16.9 Å². The fraction of sp³-hybridized carbons (Fsp3) is 0.738. The Balaban J connectivity index is 1.81. The van der Waals surface area contributed by atoms with E-state index in [-0.39, 0.29) is 50.8 Å². The molecular formula is C42H66ClN3O11. The van der Waals surface area contributed by atoms with Crippen molar-refractivity contribution in [3.8, 4) is 0 Å². The minimum atomic E-state index is -1.72. The van der Waals surface area contributed by atoms with Crippen molar-refractivity contribution >= 4 is 23.7 Å². The molecule has 0 saturated carbocycles. The van der Waals surface area contributed by atoms with Crippen LogP contribution in [0.1, 0.15) is 80.2 Å². The molecule has 14 atom stereocenters. The van der Waals surface area contributed by atoms with E-state index in [4.69, 9.17) is 40.0 Å². The Kier molecular flexibility index (Phi) is 16.6. The van der Waals surface area contributed by atoms with Crippen LogP contribution in [0.2, 0.25) is 5.15 Å². The molecule has 3 aliphatic rings. The first-order valence-electron chi connectivity index (χ1n) is 20.1. The summed E-state index contributed by atoms with van der Waals surface area (Å²) in [6.07, 6.45) is -2.70. The topological polar surface area (TPSA) is 178 Å². The van der Waals surface area contributed by atoms with Gasteiger partial charge in [0.25, 0.3) is 0 Å². The number of fused-ring (bicyclic) bond motifs is 5. The standard InChI is InChI=1S/C42H66ClN3O11/c1-12-32-42(9,51)37-26(5)30(15-16-52-40(50)45-20-29-13-14-33(43)44-19-29)24(3)18-41(8,54-22-23(2)21-53-37)36(27(6)34(47)28(7)38(49)56-32)57-39-35(48)31(46(10)11)17-25(4)55-39/h13-15,19,24-28,31-32,34-37,39,47-48,51H,2,12,16-18,20-22H2,1,3-11H3,(H,45,50)/b30-15+/t24-,25-,26+,27+,28-,31+,32-,34+,35-,36-,37?,39?,41-,42-/m1/s1. The number of hydrogen-bond donors (Lipinski definition) is 4. The molecule has 322 valence electrons. The Labute approximate surface area is 343 Å². The predicted octanol–water partition coefficient (Wildman–Crippen LogP) is 4.81. The van der Waals surface area contributed by atoms with Gasteiger partial charge in [-0.25, -0.2) is 9.78 Å². The number of nitrogens with zero attached hydrogens (tertiary/aromatic N) is 2. The number of amides is 1. The van der Waals surface area contributed by atoms with Crippen molar-refractivity contribution in [2.45, 2.75) is 141 Å². The fourth-order valence-corrected chi connectivity index (χ4v) is 8.83. The second-order valence-electron chi connectivity index (χ2n) is 16.9. The van der Waals surface area contributed by atoms with Crippen LogP contribution in [0.5, 0.6) is 0 Å². The molecule has 1 aromatic heterocycles. The number of pyridine rings is 1. The highest BCUT2D eigenvalue weighted by Gasteiger charge is 2.52. The summed E-state index contributed by atoms with van der Waals surface area (Å²) in [7, 11) is 3.78. The fourth-order valence-electron chi connectivity index (χ4n) is 8.72. The van der Waals surface area contributed by atoms with Crippen LogP contribution in [0, 0.1) is 23.7 Å². The molecule has 57 heavy (non-hydrogen) atoms. The lowest BCUT2D eigenvalue weighted by Crippen LogP contribution is -2.60. The zero-order valence-corrected chi connectivity index (χ0v) is 36.0. The van der Waals surface area contributed by atoms with Crippen molar-refractivity contribution in [3.05, 3.63) is 52.8 Å². The zero-order valence-electron chi connectivity index (χ0n) is 35.3. The number of esters is 1. The van der Waals surface area contributed by atoms with E-state index in [9.17, 15) is 24.9 Å². The third kappa shape index (κ3) is 11.5. The van der Waals surface area contributed by atoms with Crippen molar-refractivity contribution in [1.82, 2.24) is 15.2 Å². The number of carbonyl (C=O) groups excluding carboxylic acids is 2. The van der Waals surface area contributed by atoms with E-state index < -0.39 is 77.8 Å². The number of carbonyl (C=O) groups is 2. The summed E-state index contributed by atoms with van der Waals surface area (Å²) in [5.41, 5.74) is -0.809. The second-order valence-corrected chi connectivity index (χ2v) is 17.3. The zero-order chi connectivity index (χ0) is 42.4. The van der Waals surface area contributed by atoms with E-state index in [1.807, 2.05) is 52.8 Å². The van der Waals surface area contributed by atoms with E-state index in [1.54, 1.807) is 46.0 Å². The van der Waals surface area contributed by atoms with Crippen molar-refractivity contribution in [3.63, 3.8) is 0 Å². The largest absolute Gasteiger partial charge is 0.459 e. The smallest absolute Gasteiger partial charge is 0.407 e. The molecule has 3 fully saturated rings. The molecule has 0 aliphatic carbocycles. The van der Waals surface area contributed by atoms with E-state index in [1.165, 1.54) is 0 Å². The van der Waals surface area contributed by atoms with Crippen molar-refractivity contribution in [2.24, 2.45) is 23.7 Å². The Morgan fingerprint density at radius 1 is 1.12 bits per heavy atom. The number of aliphatic hydroxyl groups is 3. The third-order valence-corrected chi connectivity index (χ3v) is 12.2. The molecule has 3 aliphatic heterocycles. The molecule has 2 bridgehead atoms. The SMILES string of the molecule is C=C1COC2[C@@H](C)/C(=C/COC(=O)NCc3ccc(Cl)nc3)[C@H](C)C[C@@](C)(OC1)[C@H](OC1O[C@H](C)C[C@H](N(C)C)[C@H]1O)[C@@H](C)[C@H](O)[C@@H](C)C(=O)O[C@H](CC)[C@@]2(C)O. The first-order valence-corrected chi connectivity index (χ1v) is 20.5. The van der Waals surface area contributed by atoms with Gasteiger partial charge in [0.1, 0.15) is 29.6 Å². The lowest BCUT2D eigenvalue weighted by Gasteiger charge is -2.48. The highest BCUT2D eigenvalue weighted by molar-refractivity contribution is 6.29. The molecule has 0 aromatic carbocycles. The summed E-state index contributed by atoms with van der Waals surface area (Å²) in [6, 6.07) is 3.12. The number of halogens is 1. The van der Waals surface area contributed by atoms with Crippen molar-refractivity contribution < 1.29 is 53.3 Å². The number of alkyl carbamates (subject to hydrolysis) is 1. The highest BCUT2D eigenvalue weighted by Crippen LogP contribution is 2.43. The molecule has 2 unspecified atom stereocenters. The highest BCUT2D eigenvalue weighted by atomic mass is 35.5. The summed E-state index contributed by atoms with van der Waals surface area (Å²) in [4.78, 5) is 32.7. The maximum Gasteiger partial charge on any atom is 0.407 e. The average Bonchev–Trinajstić information content (AvgIpc) is 3.17. The summed E-state index contributed by atoms with van der Waals surface area (Å²) in [5, 5.41) is 39.0. The predicted molar refractivity (Wildman–Crippen MR) is 214 cm³/mol. The maximum atomic E-state index is 13.9. The molecule has 1 aromatic rings. The van der Waals surface area contributed by atoms with Crippen molar-refractivity contribution in [1.29, 1.82) is 0 Å². The number of cyclic esters (lactones) is 1.